The summed E-state index contributed by atoms with van der Waals surface area (Å²) in [6, 6.07) is 10.7. The van der Waals surface area contributed by atoms with Crippen molar-refractivity contribution in [2.75, 3.05) is 19.5 Å². The van der Waals surface area contributed by atoms with E-state index in [1.807, 2.05) is 0 Å². The first-order valence-corrected chi connectivity index (χ1v) is 5.93. The number of methoxy groups -OCH3 is 2. The summed E-state index contributed by atoms with van der Waals surface area (Å²) in [5.41, 5.74) is 0.784. The maximum Gasteiger partial charge on any atom is 0.259 e. The number of ether oxygens (including phenoxy) is 2. The number of amides is 1. The van der Waals surface area contributed by atoms with Crippen molar-refractivity contribution in [3.8, 4) is 11.5 Å². The molecular weight excluding hydrogens is 261 g/mol. The van der Waals surface area contributed by atoms with Crippen molar-refractivity contribution in [2.45, 2.75) is 0 Å². The molecule has 1 amide bonds. The van der Waals surface area contributed by atoms with Crippen LogP contribution in [0.3, 0.4) is 0 Å². The van der Waals surface area contributed by atoms with Gasteiger partial charge in [-0.05, 0) is 24.3 Å². The Bertz CT molecular complexity index is 628. The molecule has 0 bridgehead atoms. The SMILES string of the molecule is COc1cc(F)ccc1NC(=O)c1ccccc1OC. The van der Waals surface area contributed by atoms with E-state index in [-0.39, 0.29) is 11.7 Å². The maximum absolute atomic E-state index is 13.1. The summed E-state index contributed by atoms with van der Waals surface area (Å²) in [5, 5.41) is 2.67. The molecule has 0 aromatic heterocycles. The molecule has 1 N–H and O–H groups in total. The van der Waals surface area contributed by atoms with Crippen LogP contribution in [-0.2, 0) is 0 Å². The summed E-state index contributed by atoms with van der Waals surface area (Å²) in [4.78, 5) is 12.2. The zero-order valence-electron chi connectivity index (χ0n) is 11.1. The van der Waals surface area contributed by atoms with Crippen LogP contribution in [0.1, 0.15) is 10.4 Å². The molecule has 0 aliphatic carbocycles. The zero-order chi connectivity index (χ0) is 14.5. The second-order valence-corrected chi connectivity index (χ2v) is 4.00. The van der Waals surface area contributed by atoms with Crippen LogP contribution < -0.4 is 14.8 Å². The molecule has 0 unspecified atom stereocenters. The van der Waals surface area contributed by atoms with Crippen LogP contribution >= 0.6 is 0 Å². The minimum Gasteiger partial charge on any atom is -0.496 e. The van der Waals surface area contributed by atoms with Crippen LogP contribution in [0.2, 0.25) is 0 Å². The van der Waals surface area contributed by atoms with Gasteiger partial charge in [0.2, 0.25) is 0 Å². The van der Waals surface area contributed by atoms with Crippen LogP contribution in [0.15, 0.2) is 42.5 Å². The van der Waals surface area contributed by atoms with Crippen molar-refractivity contribution in [3.63, 3.8) is 0 Å². The van der Waals surface area contributed by atoms with Gasteiger partial charge in [-0.15, -0.1) is 0 Å². The van der Waals surface area contributed by atoms with Gasteiger partial charge in [-0.3, -0.25) is 4.79 Å². The van der Waals surface area contributed by atoms with E-state index in [1.54, 1.807) is 24.3 Å². The lowest BCUT2D eigenvalue weighted by Gasteiger charge is -2.12. The number of hydrogen-bond acceptors (Lipinski definition) is 3. The predicted molar refractivity (Wildman–Crippen MR) is 73.9 cm³/mol. The Labute approximate surface area is 116 Å². The molecular formula is C15H14FNO3. The topological polar surface area (TPSA) is 47.6 Å². The fourth-order valence-electron chi connectivity index (χ4n) is 1.79. The molecule has 2 rings (SSSR count). The highest BCUT2D eigenvalue weighted by molar-refractivity contribution is 6.06. The number of anilines is 1. The van der Waals surface area contributed by atoms with E-state index in [0.29, 0.717) is 17.0 Å². The molecule has 0 aliphatic rings. The number of halogens is 1. The minimum absolute atomic E-state index is 0.258. The molecule has 0 saturated carbocycles. The lowest BCUT2D eigenvalue weighted by molar-refractivity contribution is 0.102. The van der Waals surface area contributed by atoms with Gasteiger partial charge in [-0.25, -0.2) is 4.39 Å². The quantitative estimate of drug-likeness (QED) is 0.932. The van der Waals surface area contributed by atoms with E-state index in [2.05, 4.69) is 5.32 Å². The number of para-hydroxylation sites is 1. The summed E-state index contributed by atoms with van der Waals surface area (Å²) in [6.07, 6.45) is 0. The molecule has 20 heavy (non-hydrogen) atoms. The van der Waals surface area contributed by atoms with Crippen molar-refractivity contribution in [2.24, 2.45) is 0 Å². The fourth-order valence-corrected chi connectivity index (χ4v) is 1.79. The van der Waals surface area contributed by atoms with Gasteiger partial charge in [0.1, 0.15) is 17.3 Å². The van der Waals surface area contributed by atoms with Gasteiger partial charge in [0, 0.05) is 6.07 Å². The first-order valence-electron chi connectivity index (χ1n) is 5.93. The molecule has 104 valence electrons. The average Bonchev–Trinajstić information content (AvgIpc) is 2.48. The summed E-state index contributed by atoms with van der Waals surface area (Å²) < 4.78 is 23.3. The lowest BCUT2D eigenvalue weighted by Crippen LogP contribution is -2.13. The van der Waals surface area contributed by atoms with E-state index >= 15 is 0 Å². The number of nitrogens with one attached hydrogen (secondary N) is 1. The maximum atomic E-state index is 13.1. The Hall–Kier alpha value is -2.56. The van der Waals surface area contributed by atoms with Crippen molar-refractivity contribution in [3.05, 3.63) is 53.8 Å². The van der Waals surface area contributed by atoms with Gasteiger partial charge in [-0.2, -0.15) is 0 Å². The number of hydrogen-bond donors (Lipinski definition) is 1. The Kier molecular flexibility index (Phi) is 4.20. The molecule has 4 nitrogen and oxygen atoms in total. The standard InChI is InChI=1S/C15H14FNO3/c1-19-13-6-4-3-5-11(13)15(18)17-12-8-7-10(16)9-14(12)20-2/h3-9H,1-2H3,(H,17,18). The molecule has 0 heterocycles. The van der Waals surface area contributed by atoms with Gasteiger partial charge in [0.05, 0.1) is 25.5 Å². The van der Waals surface area contributed by atoms with Gasteiger partial charge in [-0.1, -0.05) is 12.1 Å². The van der Waals surface area contributed by atoms with Crippen LogP contribution in [0.25, 0.3) is 0 Å². The van der Waals surface area contributed by atoms with E-state index < -0.39 is 5.82 Å². The summed E-state index contributed by atoms with van der Waals surface area (Å²) >= 11 is 0. The van der Waals surface area contributed by atoms with Gasteiger partial charge >= 0.3 is 0 Å². The normalized spacial score (nSPS) is 9.95. The number of carbonyl (C=O) groups is 1. The molecule has 0 radical (unpaired) electrons. The summed E-state index contributed by atoms with van der Waals surface area (Å²) in [7, 11) is 2.90. The van der Waals surface area contributed by atoms with Crippen LogP contribution in [0, 0.1) is 5.82 Å². The van der Waals surface area contributed by atoms with Crippen LogP contribution in [0.4, 0.5) is 10.1 Å². The number of carbonyl (C=O) groups excluding carboxylic acids is 1. The molecule has 2 aromatic carbocycles. The smallest absolute Gasteiger partial charge is 0.259 e. The highest BCUT2D eigenvalue weighted by Crippen LogP contribution is 2.26. The Morgan fingerprint density at radius 1 is 1.05 bits per heavy atom. The van der Waals surface area contributed by atoms with Crippen molar-refractivity contribution < 1.29 is 18.7 Å². The third kappa shape index (κ3) is 2.88. The summed E-state index contributed by atoms with van der Waals surface area (Å²) in [6.45, 7) is 0. The Morgan fingerprint density at radius 3 is 2.45 bits per heavy atom. The van der Waals surface area contributed by atoms with Crippen LogP contribution in [0.5, 0.6) is 11.5 Å². The molecule has 0 aliphatic heterocycles. The third-order valence-corrected chi connectivity index (χ3v) is 2.76. The second kappa shape index (κ2) is 6.06. The van der Waals surface area contributed by atoms with E-state index in [4.69, 9.17) is 9.47 Å². The molecule has 0 fully saturated rings. The van der Waals surface area contributed by atoms with Crippen molar-refractivity contribution in [1.29, 1.82) is 0 Å². The first-order chi connectivity index (χ1) is 9.65. The first kappa shape index (κ1) is 13.9. The summed E-state index contributed by atoms with van der Waals surface area (Å²) in [5.74, 6) is -0.0659. The van der Waals surface area contributed by atoms with Gasteiger partial charge in [0.15, 0.2) is 0 Å². The Morgan fingerprint density at radius 2 is 1.75 bits per heavy atom. The second-order valence-electron chi connectivity index (χ2n) is 4.00. The minimum atomic E-state index is -0.433. The molecule has 0 atom stereocenters. The monoisotopic (exact) mass is 275 g/mol. The zero-order valence-corrected chi connectivity index (χ0v) is 11.1. The molecule has 0 saturated heterocycles. The van der Waals surface area contributed by atoms with E-state index in [9.17, 15) is 9.18 Å². The molecule has 2 aromatic rings. The lowest BCUT2D eigenvalue weighted by atomic mass is 10.2. The Balaban J connectivity index is 2.28. The highest BCUT2D eigenvalue weighted by atomic mass is 19.1. The van der Waals surface area contributed by atoms with Gasteiger partial charge in [0.25, 0.3) is 5.91 Å². The fraction of sp³-hybridized carbons (Fsp3) is 0.133. The third-order valence-electron chi connectivity index (χ3n) is 2.76. The predicted octanol–water partition coefficient (Wildman–Crippen LogP) is 3.10. The van der Waals surface area contributed by atoms with Crippen molar-refractivity contribution in [1.82, 2.24) is 0 Å². The van der Waals surface area contributed by atoms with Crippen molar-refractivity contribution >= 4 is 11.6 Å². The number of benzene rings is 2. The van der Waals surface area contributed by atoms with E-state index in [1.165, 1.54) is 32.4 Å². The van der Waals surface area contributed by atoms with E-state index in [0.717, 1.165) is 0 Å². The number of rotatable bonds is 4. The molecule has 5 heteroatoms. The highest BCUT2D eigenvalue weighted by Gasteiger charge is 2.14. The van der Waals surface area contributed by atoms with Gasteiger partial charge < -0.3 is 14.8 Å². The molecule has 0 spiro atoms. The van der Waals surface area contributed by atoms with Crippen LogP contribution in [-0.4, -0.2) is 20.1 Å². The largest absolute Gasteiger partial charge is 0.496 e. The average molecular weight is 275 g/mol.